The minimum atomic E-state index is 0.532. The van der Waals surface area contributed by atoms with Crippen molar-refractivity contribution < 1.29 is 4.74 Å². The molecule has 0 spiro atoms. The van der Waals surface area contributed by atoms with Gasteiger partial charge >= 0.3 is 0 Å². The zero-order valence-electron chi connectivity index (χ0n) is 8.81. The maximum atomic E-state index is 5.82. The smallest absolute Gasteiger partial charge is 0.0721 e. The van der Waals surface area contributed by atoms with E-state index in [0.717, 1.165) is 11.0 Å². The van der Waals surface area contributed by atoms with Crippen LogP contribution in [0.3, 0.4) is 0 Å². The molecule has 1 rings (SSSR count). The third-order valence-electron chi connectivity index (χ3n) is 3.24. The molecule has 1 aliphatic heterocycles. The second-order valence-electron chi connectivity index (χ2n) is 4.13. The highest BCUT2D eigenvalue weighted by Gasteiger charge is 2.41. The highest BCUT2D eigenvalue weighted by molar-refractivity contribution is 14.1. The normalized spacial score (nSPS) is 26.5. The molecular formula is C11H21IO. The number of hydrogen-bond acceptors (Lipinski definition) is 1. The van der Waals surface area contributed by atoms with Gasteiger partial charge in [0, 0.05) is 11.0 Å². The van der Waals surface area contributed by atoms with E-state index in [4.69, 9.17) is 4.74 Å². The van der Waals surface area contributed by atoms with Gasteiger partial charge in [-0.1, -0.05) is 49.3 Å². The molecule has 1 aliphatic rings. The van der Waals surface area contributed by atoms with E-state index >= 15 is 0 Å². The summed E-state index contributed by atoms with van der Waals surface area (Å²) in [7, 11) is 0. The van der Waals surface area contributed by atoms with Crippen molar-refractivity contribution in [2.75, 3.05) is 11.0 Å². The van der Waals surface area contributed by atoms with Gasteiger partial charge in [0.25, 0.3) is 0 Å². The van der Waals surface area contributed by atoms with Crippen molar-refractivity contribution in [2.45, 2.75) is 52.1 Å². The van der Waals surface area contributed by atoms with Gasteiger partial charge < -0.3 is 4.74 Å². The van der Waals surface area contributed by atoms with E-state index in [0.29, 0.717) is 11.5 Å². The standard InChI is InChI=1S/C11H21IO/c1-3-5-11(6-4-2)7-8-13-10(11)9-12/h10H,3-9H2,1-2H3. The lowest BCUT2D eigenvalue weighted by atomic mass is 9.74. The van der Waals surface area contributed by atoms with Crippen molar-refractivity contribution in [1.29, 1.82) is 0 Å². The van der Waals surface area contributed by atoms with Crippen LogP contribution in [0.5, 0.6) is 0 Å². The summed E-state index contributed by atoms with van der Waals surface area (Å²) in [5.41, 5.74) is 0.532. The van der Waals surface area contributed by atoms with E-state index in [1.54, 1.807) is 0 Å². The highest BCUT2D eigenvalue weighted by Crippen LogP contribution is 2.43. The lowest BCUT2D eigenvalue weighted by Crippen LogP contribution is -2.32. The van der Waals surface area contributed by atoms with Crippen molar-refractivity contribution in [2.24, 2.45) is 5.41 Å². The summed E-state index contributed by atoms with van der Waals surface area (Å²) >= 11 is 2.47. The number of rotatable bonds is 5. The zero-order valence-corrected chi connectivity index (χ0v) is 11.0. The Balaban J connectivity index is 2.62. The second kappa shape index (κ2) is 5.54. The number of ether oxygens (including phenoxy) is 1. The van der Waals surface area contributed by atoms with Gasteiger partial charge in [0.15, 0.2) is 0 Å². The molecule has 0 aromatic rings. The summed E-state index contributed by atoms with van der Waals surface area (Å²) in [6.45, 7) is 5.58. The van der Waals surface area contributed by atoms with E-state index < -0.39 is 0 Å². The van der Waals surface area contributed by atoms with Crippen LogP contribution in [0.4, 0.5) is 0 Å². The van der Waals surface area contributed by atoms with E-state index in [1.807, 2.05) is 0 Å². The SMILES string of the molecule is CCCC1(CCC)CCOC1CI. The first-order valence-electron chi connectivity index (χ1n) is 5.46. The molecular weight excluding hydrogens is 275 g/mol. The Morgan fingerprint density at radius 2 is 1.92 bits per heavy atom. The maximum Gasteiger partial charge on any atom is 0.0721 e. The number of hydrogen-bond donors (Lipinski definition) is 0. The van der Waals surface area contributed by atoms with Crippen molar-refractivity contribution >= 4 is 22.6 Å². The number of halogens is 1. The van der Waals surface area contributed by atoms with Crippen LogP contribution in [0.1, 0.15) is 46.0 Å². The molecule has 0 amide bonds. The quantitative estimate of drug-likeness (QED) is 0.554. The molecule has 1 fully saturated rings. The summed E-state index contributed by atoms with van der Waals surface area (Å²) in [5, 5.41) is 0. The van der Waals surface area contributed by atoms with Crippen LogP contribution in [-0.4, -0.2) is 17.1 Å². The van der Waals surface area contributed by atoms with Crippen molar-refractivity contribution in [3.05, 3.63) is 0 Å². The molecule has 1 atom stereocenters. The largest absolute Gasteiger partial charge is 0.377 e. The van der Waals surface area contributed by atoms with Crippen LogP contribution in [0, 0.1) is 5.41 Å². The summed E-state index contributed by atoms with van der Waals surface area (Å²) in [4.78, 5) is 0. The average Bonchev–Trinajstić information content (AvgIpc) is 2.49. The van der Waals surface area contributed by atoms with Gasteiger partial charge in [-0.3, -0.25) is 0 Å². The third-order valence-corrected chi connectivity index (χ3v) is 4.04. The zero-order chi connectivity index (χ0) is 9.73. The van der Waals surface area contributed by atoms with E-state index in [-0.39, 0.29) is 0 Å². The lowest BCUT2D eigenvalue weighted by Gasteiger charge is -2.32. The Bertz CT molecular complexity index is 141. The fraction of sp³-hybridized carbons (Fsp3) is 1.00. The first-order chi connectivity index (χ1) is 6.29. The van der Waals surface area contributed by atoms with Crippen molar-refractivity contribution in [1.82, 2.24) is 0 Å². The van der Waals surface area contributed by atoms with Gasteiger partial charge in [-0.05, 0) is 24.7 Å². The molecule has 1 saturated heterocycles. The molecule has 13 heavy (non-hydrogen) atoms. The maximum absolute atomic E-state index is 5.82. The molecule has 0 radical (unpaired) electrons. The number of alkyl halides is 1. The van der Waals surface area contributed by atoms with Gasteiger partial charge in [0.2, 0.25) is 0 Å². The molecule has 78 valence electrons. The van der Waals surface area contributed by atoms with E-state index in [9.17, 15) is 0 Å². The Kier molecular flexibility index (Phi) is 5.01. The predicted octanol–water partition coefficient (Wildman–Crippen LogP) is 3.80. The van der Waals surface area contributed by atoms with Gasteiger partial charge in [-0.25, -0.2) is 0 Å². The Hall–Kier alpha value is 0.690. The fourth-order valence-electron chi connectivity index (χ4n) is 2.64. The molecule has 0 aromatic heterocycles. The minimum Gasteiger partial charge on any atom is -0.377 e. The van der Waals surface area contributed by atoms with Crippen LogP contribution in [-0.2, 0) is 4.74 Å². The molecule has 0 N–H and O–H groups in total. The molecule has 1 nitrogen and oxygen atoms in total. The topological polar surface area (TPSA) is 9.23 Å². The van der Waals surface area contributed by atoms with Gasteiger partial charge in [0.1, 0.15) is 0 Å². The molecule has 0 aromatic carbocycles. The van der Waals surface area contributed by atoms with Crippen LogP contribution in [0.15, 0.2) is 0 Å². The average molecular weight is 296 g/mol. The van der Waals surface area contributed by atoms with E-state index in [2.05, 4.69) is 36.4 Å². The molecule has 1 heterocycles. The molecule has 0 bridgehead atoms. The third kappa shape index (κ3) is 2.58. The van der Waals surface area contributed by atoms with Crippen LogP contribution < -0.4 is 0 Å². The molecule has 1 unspecified atom stereocenters. The summed E-state index contributed by atoms with van der Waals surface area (Å²) in [5.74, 6) is 0. The Morgan fingerprint density at radius 3 is 2.38 bits per heavy atom. The first-order valence-corrected chi connectivity index (χ1v) is 6.99. The molecule has 0 saturated carbocycles. The van der Waals surface area contributed by atoms with Crippen LogP contribution in [0.2, 0.25) is 0 Å². The second-order valence-corrected chi connectivity index (χ2v) is 5.01. The fourth-order valence-corrected chi connectivity index (χ4v) is 3.83. The van der Waals surface area contributed by atoms with E-state index in [1.165, 1.54) is 32.1 Å². The summed E-state index contributed by atoms with van der Waals surface area (Å²) in [6, 6.07) is 0. The summed E-state index contributed by atoms with van der Waals surface area (Å²) in [6.07, 6.45) is 7.14. The van der Waals surface area contributed by atoms with Crippen molar-refractivity contribution in [3.63, 3.8) is 0 Å². The molecule has 2 heteroatoms. The van der Waals surface area contributed by atoms with Crippen molar-refractivity contribution in [3.8, 4) is 0 Å². The Labute approximate surface area is 95.8 Å². The van der Waals surface area contributed by atoms with Gasteiger partial charge in [0.05, 0.1) is 6.10 Å². The van der Waals surface area contributed by atoms with Crippen LogP contribution in [0.25, 0.3) is 0 Å². The first kappa shape index (κ1) is 11.8. The van der Waals surface area contributed by atoms with Gasteiger partial charge in [-0.2, -0.15) is 0 Å². The monoisotopic (exact) mass is 296 g/mol. The van der Waals surface area contributed by atoms with Gasteiger partial charge in [-0.15, -0.1) is 0 Å². The molecule has 0 aliphatic carbocycles. The van der Waals surface area contributed by atoms with Crippen LogP contribution >= 0.6 is 22.6 Å². The Morgan fingerprint density at radius 1 is 1.31 bits per heavy atom. The summed E-state index contributed by atoms with van der Waals surface area (Å²) < 4.78 is 6.98. The lowest BCUT2D eigenvalue weighted by molar-refractivity contribution is 0.0590. The predicted molar refractivity (Wildman–Crippen MR) is 65.5 cm³/mol. The minimum absolute atomic E-state index is 0.532. The highest BCUT2D eigenvalue weighted by atomic mass is 127.